The summed E-state index contributed by atoms with van der Waals surface area (Å²) in [6.45, 7) is 3.25. The second-order valence-electron chi connectivity index (χ2n) is 5.19. The third kappa shape index (κ3) is 3.66. The molecule has 1 aromatic heterocycles. The first-order valence-corrected chi connectivity index (χ1v) is 7.95. The third-order valence-corrected chi connectivity index (χ3v) is 4.57. The number of carbonyl (C=O) groups is 2. The number of nitrogens with zero attached hydrogens (tertiary/aromatic N) is 3. The minimum atomic E-state index is -0.508. The van der Waals surface area contributed by atoms with Crippen LogP contribution < -0.4 is 5.73 Å². The van der Waals surface area contributed by atoms with Crippen LogP contribution in [0.1, 0.15) is 25.3 Å². The van der Waals surface area contributed by atoms with Crippen LogP contribution in [-0.4, -0.2) is 28.1 Å². The molecule has 2 atom stereocenters. The van der Waals surface area contributed by atoms with Crippen LogP contribution in [0.15, 0.2) is 40.1 Å². The quantitative estimate of drug-likeness (QED) is 0.886. The highest BCUT2D eigenvalue weighted by Crippen LogP contribution is 2.41. The van der Waals surface area contributed by atoms with Gasteiger partial charge in [0.15, 0.2) is 0 Å². The summed E-state index contributed by atoms with van der Waals surface area (Å²) in [4.78, 5) is 31.6. The van der Waals surface area contributed by atoms with Crippen LogP contribution in [0.2, 0.25) is 0 Å². The zero-order valence-electron chi connectivity index (χ0n) is 12.8. The molecule has 1 aliphatic heterocycles. The number of primary amides is 1. The fourth-order valence-corrected chi connectivity index (χ4v) is 3.46. The molecule has 0 aliphatic carbocycles. The Morgan fingerprint density at radius 2 is 2.22 bits per heavy atom. The smallest absolute Gasteiger partial charge is 0.227 e. The SMILES string of the molecule is CC(=O)C1C(C)=NC(SCC(N)=O)=C(C#N)[C@H]1c1cccnc1. The Balaban J connectivity index is 2.56. The molecule has 0 radical (unpaired) electrons. The summed E-state index contributed by atoms with van der Waals surface area (Å²) in [6.07, 6.45) is 3.28. The number of allylic oxidation sites excluding steroid dienone is 1. The Hall–Kier alpha value is -2.46. The number of Topliss-reactive ketones (excluding diaryl/α,β-unsaturated/α-hetero) is 1. The number of aliphatic imine (C=N–C) groups is 1. The molecule has 0 saturated heterocycles. The van der Waals surface area contributed by atoms with Gasteiger partial charge in [-0.25, -0.2) is 4.99 Å². The van der Waals surface area contributed by atoms with Crippen molar-refractivity contribution in [1.82, 2.24) is 4.98 Å². The van der Waals surface area contributed by atoms with Crippen LogP contribution in [0.3, 0.4) is 0 Å². The van der Waals surface area contributed by atoms with Crippen LogP contribution in [0, 0.1) is 17.2 Å². The Bertz CT molecular complexity index is 734. The average Bonchev–Trinajstić information content (AvgIpc) is 2.52. The predicted molar refractivity (Wildman–Crippen MR) is 88.5 cm³/mol. The van der Waals surface area contributed by atoms with Crippen LogP contribution in [0.25, 0.3) is 0 Å². The van der Waals surface area contributed by atoms with Gasteiger partial charge in [0.25, 0.3) is 0 Å². The van der Waals surface area contributed by atoms with Crippen molar-refractivity contribution in [2.24, 2.45) is 16.6 Å². The van der Waals surface area contributed by atoms with Crippen molar-refractivity contribution in [3.8, 4) is 6.07 Å². The maximum absolute atomic E-state index is 12.1. The molecule has 6 nitrogen and oxygen atoms in total. The van der Waals surface area contributed by atoms with Crippen LogP contribution in [0.5, 0.6) is 0 Å². The first-order valence-electron chi connectivity index (χ1n) is 6.96. The van der Waals surface area contributed by atoms with E-state index in [1.54, 1.807) is 25.4 Å². The highest BCUT2D eigenvalue weighted by Gasteiger charge is 2.37. The van der Waals surface area contributed by atoms with Gasteiger partial charge in [0.05, 0.1) is 23.3 Å². The van der Waals surface area contributed by atoms with E-state index in [0.717, 1.165) is 17.3 Å². The minimum Gasteiger partial charge on any atom is -0.369 e. The summed E-state index contributed by atoms with van der Waals surface area (Å²) in [6, 6.07) is 5.75. The van der Waals surface area contributed by atoms with E-state index < -0.39 is 17.7 Å². The van der Waals surface area contributed by atoms with Crippen molar-refractivity contribution in [1.29, 1.82) is 5.26 Å². The van der Waals surface area contributed by atoms with Gasteiger partial charge in [-0.2, -0.15) is 5.26 Å². The third-order valence-electron chi connectivity index (χ3n) is 3.56. The van der Waals surface area contributed by atoms with Crippen molar-refractivity contribution < 1.29 is 9.59 Å². The van der Waals surface area contributed by atoms with Gasteiger partial charge >= 0.3 is 0 Å². The van der Waals surface area contributed by atoms with Gasteiger partial charge < -0.3 is 5.73 Å². The van der Waals surface area contributed by atoms with Crippen molar-refractivity contribution in [3.05, 3.63) is 40.7 Å². The normalized spacial score (nSPS) is 20.7. The summed E-state index contributed by atoms with van der Waals surface area (Å²) >= 11 is 1.12. The summed E-state index contributed by atoms with van der Waals surface area (Å²) < 4.78 is 0. The van der Waals surface area contributed by atoms with E-state index in [-0.39, 0.29) is 11.5 Å². The van der Waals surface area contributed by atoms with Gasteiger partial charge in [-0.1, -0.05) is 17.8 Å². The molecule has 0 saturated carbocycles. The molecule has 1 aromatic rings. The molecular weight excluding hydrogens is 312 g/mol. The van der Waals surface area contributed by atoms with E-state index >= 15 is 0 Å². The predicted octanol–water partition coefficient (Wildman–Crippen LogP) is 1.80. The second kappa shape index (κ2) is 7.20. The van der Waals surface area contributed by atoms with E-state index in [1.807, 2.05) is 6.07 Å². The molecule has 7 heteroatoms. The maximum atomic E-state index is 12.1. The monoisotopic (exact) mass is 328 g/mol. The topological polar surface area (TPSA) is 109 Å². The fourth-order valence-electron chi connectivity index (χ4n) is 2.65. The molecule has 1 amide bonds. The number of thioether (sulfide) groups is 1. The molecular formula is C16H16N4O2S. The van der Waals surface area contributed by atoms with Gasteiger partial charge in [0.1, 0.15) is 10.8 Å². The van der Waals surface area contributed by atoms with Gasteiger partial charge in [-0.3, -0.25) is 14.6 Å². The molecule has 23 heavy (non-hydrogen) atoms. The highest BCUT2D eigenvalue weighted by molar-refractivity contribution is 8.03. The molecule has 0 fully saturated rings. The number of nitriles is 1. The lowest BCUT2D eigenvalue weighted by atomic mass is 9.76. The van der Waals surface area contributed by atoms with E-state index in [0.29, 0.717) is 16.3 Å². The Morgan fingerprint density at radius 1 is 1.48 bits per heavy atom. The second-order valence-corrected chi connectivity index (χ2v) is 6.16. The van der Waals surface area contributed by atoms with Crippen LogP contribution in [-0.2, 0) is 9.59 Å². The molecule has 2 N–H and O–H groups in total. The average molecular weight is 328 g/mol. The van der Waals surface area contributed by atoms with E-state index in [1.165, 1.54) is 6.92 Å². The molecule has 2 rings (SSSR count). The van der Waals surface area contributed by atoms with Crippen molar-refractivity contribution >= 4 is 29.2 Å². The number of rotatable bonds is 5. The summed E-state index contributed by atoms with van der Waals surface area (Å²) in [5.74, 6) is -1.47. The zero-order chi connectivity index (χ0) is 17.0. The number of hydrogen-bond acceptors (Lipinski definition) is 6. The maximum Gasteiger partial charge on any atom is 0.227 e. The summed E-state index contributed by atoms with van der Waals surface area (Å²) in [7, 11) is 0. The first-order chi connectivity index (χ1) is 11.0. The Morgan fingerprint density at radius 3 is 2.74 bits per heavy atom. The van der Waals surface area contributed by atoms with E-state index in [4.69, 9.17) is 5.73 Å². The number of amides is 1. The van der Waals surface area contributed by atoms with E-state index in [9.17, 15) is 14.9 Å². The number of pyridine rings is 1. The molecule has 118 valence electrons. The summed E-state index contributed by atoms with van der Waals surface area (Å²) in [5.41, 5.74) is 6.94. The van der Waals surface area contributed by atoms with Gasteiger partial charge in [0.2, 0.25) is 5.91 Å². The molecule has 0 aromatic carbocycles. The highest BCUT2D eigenvalue weighted by atomic mass is 32.2. The van der Waals surface area contributed by atoms with Crippen LogP contribution in [0.4, 0.5) is 0 Å². The first kappa shape index (κ1) is 16.9. The largest absolute Gasteiger partial charge is 0.369 e. The van der Waals surface area contributed by atoms with Gasteiger partial charge in [0, 0.05) is 24.0 Å². The molecule has 0 bridgehead atoms. The van der Waals surface area contributed by atoms with Crippen molar-refractivity contribution in [2.75, 3.05) is 5.75 Å². The lowest BCUT2D eigenvalue weighted by Crippen LogP contribution is -2.31. The molecule has 2 heterocycles. The fraction of sp³-hybridized carbons (Fsp3) is 0.312. The number of aromatic nitrogens is 1. The molecule has 1 aliphatic rings. The minimum absolute atomic E-state index is 0.0296. The number of ketones is 1. The Kier molecular flexibility index (Phi) is 5.29. The number of hydrogen-bond donors (Lipinski definition) is 1. The Labute approximate surface area is 138 Å². The zero-order valence-corrected chi connectivity index (χ0v) is 13.6. The van der Waals surface area contributed by atoms with Gasteiger partial charge in [-0.15, -0.1) is 0 Å². The van der Waals surface area contributed by atoms with Gasteiger partial charge in [-0.05, 0) is 25.5 Å². The lowest BCUT2D eigenvalue weighted by Gasteiger charge is -2.29. The van der Waals surface area contributed by atoms with Crippen molar-refractivity contribution in [2.45, 2.75) is 19.8 Å². The summed E-state index contributed by atoms with van der Waals surface area (Å²) in [5, 5.41) is 10.0. The van der Waals surface area contributed by atoms with E-state index in [2.05, 4.69) is 16.0 Å². The number of carbonyl (C=O) groups excluding carboxylic acids is 2. The van der Waals surface area contributed by atoms with Crippen LogP contribution >= 0.6 is 11.8 Å². The standard InChI is InChI=1S/C16H16N4O2S/c1-9-14(10(2)21)15(11-4-3-5-19-7-11)12(6-17)16(20-9)23-8-13(18)22/h3-5,7,14-15H,8H2,1-2H3,(H2,18,22)/t14?,15-/m1/s1. The molecule has 0 spiro atoms. The molecule has 1 unspecified atom stereocenters. The number of nitrogens with two attached hydrogens (primary N) is 1. The van der Waals surface area contributed by atoms with Crippen molar-refractivity contribution in [3.63, 3.8) is 0 Å². The lowest BCUT2D eigenvalue weighted by molar-refractivity contribution is -0.119.